The Balaban J connectivity index is 2.20. The van der Waals surface area contributed by atoms with Crippen molar-refractivity contribution in [2.45, 2.75) is 64.7 Å². The van der Waals surface area contributed by atoms with E-state index in [1.54, 1.807) is 0 Å². The molecule has 0 aromatic heterocycles. The molecule has 100 valence electrons. The third-order valence-corrected chi connectivity index (χ3v) is 4.97. The first-order valence-corrected chi connectivity index (χ1v) is 6.85. The number of nitrogens with zero attached hydrogens (tertiary/aromatic N) is 1. The fourth-order valence-electron chi connectivity index (χ4n) is 3.31. The molecule has 0 amide bonds. The summed E-state index contributed by atoms with van der Waals surface area (Å²) in [6.07, 6.45) is 2.92. The summed E-state index contributed by atoms with van der Waals surface area (Å²) in [5.41, 5.74) is 6.60. The highest BCUT2D eigenvalue weighted by molar-refractivity contribution is 5.11. The molecule has 17 heavy (non-hydrogen) atoms. The first-order valence-electron chi connectivity index (χ1n) is 6.85. The lowest BCUT2D eigenvalue weighted by atomic mass is 9.80. The summed E-state index contributed by atoms with van der Waals surface area (Å²) in [5.74, 6) is 0. The molecule has 2 aliphatic rings. The second-order valence-corrected chi connectivity index (χ2v) is 7.11. The van der Waals surface area contributed by atoms with Gasteiger partial charge in [-0.15, -0.1) is 0 Å². The van der Waals surface area contributed by atoms with Crippen LogP contribution in [0.4, 0.5) is 0 Å². The zero-order chi connectivity index (χ0) is 12.9. The molecule has 1 aliphatic carbocycles. The van der Waals surface area contributed by atoms with Gasteiger partial charge < -0.3 is 10.5 Å². The Bertz CT molecular complexity index is 299. The number of morpholine rings is 1. The molecule has 1 heterocycles. The zero-order valence-electron chi connectivity index (χ0n) is 12.0. The van der Waals surface area contributed by atoms with Gasteiger partial charge in [0.05, 0.1) is 11.7 Å². The van der Waals surface area contributed by atoms with Gasteiger partial charge in [0.2, 0.25) is 0 Å². The van der Waals surface area contributed by atoms with Crippen molar-refractivity contribution in [3.63, 3.8) is 0 Å². The van der Waals surface area contributed by atoms with Crippen LogP contribution in [0.1, 0.15) is 47.5 Å². The normalized spacial score (nSPS) is 35.3. The highest BCUT2D eigenvalue weighted by atomic mass is 16.5. The van der Waals surface area contributed by atoms with E-state index in [9.17, 15) is 0 Å². The number of hydrogen-bond donors (Lipinski definition) is 1. The predicted molar refractivity (Wildman–Crippen MR) is 71.0 cm³/mol. The van der Waals surface area contributed by atoms with Gasteiger partial charge in [0.1, 0.15) is 0 Å². The quantitative estimate of drug-likeness (QED) is 0.820. The summed E-state index contributed by atoms with van der Waals surface area (Å²) in [4.78, 5) is 2.58. The van der Waals surface area contributed by atoms with E-state index in [1.165, 1.54) is 12.8 Å². The lowest BCUT2D eigenvalue weighted by Gasteiger charge is -2.52. The largest absolute Gasteiger partial charge is 0.370 e. The summed E-state index contributed by atoms with van der Waals surface area (Å²) in [6.45, 7) is 14.0. The number of ether oxygens (including phenoxy) is 1. The SMILES string of the molecule is CC1CN(C(C)(CN)C2(C)CC2)CC(C)(C)O1. The van der Waals surface area contributed by atoms with Crippen molar-refractivity contribution in [3.05, 3.63) is 0 Å². The standard InChI is InChI=1S/C14H28N2O/c1-11-8-16(10-12(2,3)17-11)14(5,9-15)13(4)6-7-13/h11H,6-10,15H2,1-5H3. The summed E-state index contributed by atoms with van der Waals surface area (Å²) in [7, 11) is 0. The summed E-state index contributed by atoms with van der Waals surface area (Å²) >= 11 is 0. The van der Waals surface area contributed by atoms with Crippen LogP contribution in [-0.4, -0.2) is 41.8 Å². The molecule has 1 saturated carbocycles. The highest BCUT2D eigenvalue weighted by Crippen LogP contribution is 2.56. The Morgan fingerprint density at radius 2 is 1.94 bits per heavy atom. The minimum Gasteiger partial charge on any atom is -0.370 e. The number of nitrogens with two attached hydrogens (primary N) is 1. The minimum absolute atomic E-state index is 0.0562. The molecule has 2 N–H and O–H groups in total. The molecule has 1 aliphatic heterocycles. The third kappa shape index (κ3) is 2.25. The number of hydrogen-bond acceptors (Lipinski definition) is 3. The van der Waals surface area contributed by atoms with E-state index in [1.807, 2.05) is 0 Å². The van der Waals surface area contributed by atoms with Crippen LogP contribution < -0.4 is 5.73 Å². The molecule has 0 spiro atoms. The van der Waals surface area contributed by atoms with Crippen LogP contribution in [0.15, 0.2) is 0 Å². The van der Waals surface area contributed by atoms with Crippen molar-refractivity contribution in [3.8, 4) is 0 Å². The van der Waals surface area contributed by atoms with Crippen LogP contribution >= 0.6 is 0 Å². The van der Waals surface area contributed by atoms with Crippen LogP contribution in [0.2, 0.25) is 0 Å². The fraction of sp³-hybridized carbons (Fsp3) is 1.00. The van der Waals surface area contributed by atoms with E-state index in [0.717, 1.165) is 19.6 Å². The Morgan fingerprint density at radius 1 is 1.35 bits per heavy atom. The van der Waals surface area contributed by atoms with Gasteiger partial charge in [-0.05, 0) is 46.0 Å². The van der Waals surface area contributed by atoms with E-state index in [-0.39, 0.29) is 11.1 Å². The van der Waals surface area contributed by atoms with Crippen LogP contribution in [0.25, 0.3) is 0 Å². The third-order valence-electron chi connectivity index (χ3n) is 4.97. The van der Waals surface area contributed by atoms with Gasteiger partial charge in [-0.2, -0.15) is 0 Å². The molecule has 0 aromatic rings. The van der Waals surface area contributed by atoms with Gasteiger partial charge >= 0.3 is 0 Å². The average molecular weight is 240 g/mol. The van der Waals surface area contributed by atoms with Crippen molar-refractivity contribution < 1.29 is 4.74 Å². The first-order chi connectivity index (χ1) is 7.72. The summed E-state index contributed by atoms with van der Waals surface area (Å²) in [5, 5.41) is 0. The molecule has 0 radical (unpaired) electrons. The molecule has 2 unspecified atom stereocenters. The van der Waals surface area contributed by atoms with Crippen molar-refractivity contribution in [2.24, 2.45) is 11.1 Å². The average Bonchev–Trinajstić information content (AvgIpc) is 2.93. The lowest BCUT2D eigenvalue weighted by Crippen LogP contribution is -2.65. The van der Waals surface area contributed by atoms with E-state index in [0.29, 0.717) is 11.5 Å². The van der Waals surface area contributed by atoms with Gasteiger partial charge in [-0.25, -0.2) is 0 Å². The topological polar surface area (TPSA) is 38.5 Å². The van der Waals surface area contributed by atoms with E-state index in [4.69, 9.17) is 10.5 Å². The van der Waals surface area contributed by atoms with Crippen molar-refractivity contribution >= 4 is 0 Å². The smallest absolute Gasteiger partial charge is 0.0757 e. The molecule has 3 heteroatoms. The monoisotopic (exact) mass is 240 g/mol. The Kier molecular flexibility index (Phi) is 3.08. The molecule has 0 bridgehead atoms. The molecular formula is C14H28N2O. The highest BCUT2D eigenvalue weighted by Gasteiger charge is 2.56. The maximum Gasteiger partial charge on any atom is 0.0757 e. The van der Waals surface area contributed by atoms with Crippen LogP contribution in [-0.2, 0) is 4.74 Å². The second-order valence-electron chi connectivity index (χ2n) is 7.11. The van der Waals surface area contributed by atoms with E-state index in [2.05, 4.69) is 39.5 Å². The van der Waals surface area contributed by atoms with Crippen LogP contribution in [0.5, 0.6) is 0 Å². The van der Waals surface area contributed by atoms with Gasteiger partial charge in [0, 0.05) is 25.2 Å². The molecule has 3 nitrogen and oxygen atoms in total. The predicted octanol–water partition coefficient (Wildman–Crippen LogP) is 2.00. The Hall–Kier alpha value is -0.120. The molecule has 2 fully saturated rings. The zero-order valence-corrected chi connectivity index (χ0v) is 12.0. The molecule has 1 saturated heterocycles. The van der Waals surface area contributed by atoms with E-state index >= 15 is 0 Å². The van der Waals surface area contributed by atoms with Gasteiger partial charge in [0.25, 0.3) is 0 Å². The molecule has 2 atom stereocenters. The molecular weight excluding hydrogens is 212 g/mol. The van der Waals surface area contributed by atoms with Gasteiger partial charge in [-0.3, -0.25) is 4.90 Å². The van der Waals surface area contributed by atoms with Gasteiger partial charge in [-0.1, -0.05) is 6.92 Å². The number of rotatable bonds is 3. The van der Waals surface area contributed by atoms with Crippen molar-refractivity contribution in [1.82, 2.24) is 4.90 Å². The second kappa shape index (κ2) is 3.94. The van der Waals surface area contributed by atoms with Crippen LogP contribution in [0.3, 0.4) is 0 Å². The van der Waals surface area contributed by atoms with Gasteiger partial charge in [0.15, 0.2) is 0 Å². The summed E-state index contributed by atoms with van der Waals surface area (Å²) in [6, 6.07) is 0. The van der Waals surface area contributed by atoms with E-state index < -0.39 is 0 Å². The Morgan fingerprint density at radius 3 is 2.35 bits per heavy atom. The summed E-state index contributed by atoms with van der Waals surface area (Å²) < 4.78 is 5.99. The first kappa shape index (κ1) is 13.3. The van der Waals surface area contributed by atoms with Crippen molar-refractivity contribution in [1.29, 1.82) is 0 Å². The maximum atomic E-state index is 6.12. The van der Waals surface area contributed by atoms with Crippen LogP contribution in [0, 0.1) is 5.41 Å². The minimum atomic E-state index is -0.0562. The maximum absolute atomic E-state index is 6.12. The molecule has 2 rings (SSSR count). The lowest BCUT2D eigenvalue weighted by molar-refractivity contribution is -0.159. The van der Waals surface area contributed by atoms with Crippen molar-refractivity contribution in [2.75, 3.05) is 19.6 Å². The fourth-order valence-corrected chi connectivity index (χ4v) is 3.31. The molecule has 0 aromatic carbocycles. The Labute approximate surface area is 106 Å².